The maximum atomic E-state index is 13.1. The summed E-state index contributed by atoms with van der Waals surface area (Å²) in [5.41, 5.74) is 9.75. The summed E-state index contributed by atoms with van der Waals surface area (Å²) in [5, 5.41) is 0.888. The Labute approximate surface area is 173 Å². The first kappa shape index (κ1) is 20.3. The van der Waals surface area contributed by atoms with Crippen LogP contribution in [0.2, 0.25) is 0 Å². The first-order valence-electron chi connectivity index (χ1n) is 9.57. The number of primary amides is 1. The van der Waals surface area contributed by atoms with Gasteiger partial charge < -0.3 is 10.3 Å². The zero-order valence-electron chi connectivity index (χ0n) is 16.5. The number of rotatable bonds is 7. The second-order valence-electron chi connectivity index (χ2n) is 7.36. The number of nitrogens with two attached hydrogens (primary N) is 1. The van der Waals surface area contributed by atoms with E-state index in [1.807, 2.05) is 44.2 Å². The van der Waals surface area contributed by atoms with Crippen molar-refractivity contribution in [1.29, 1.82) is 0 Å². The van der Waals surface area contributed by atoms with Crippen LogP contribution in [0.15, 0.2) is 46.9 Å². The van der Waals surface area contributed by atoms with Gasteiger partial charge in [-0.3, -0.25) is 9.59 Å². The van der Waals surface area contributed by atoms with Crippen molar-refractivity contribution in [2.45, 2.75) is 40.2 Å². The van der Waals surface area contributed by atoms with Crippen LogP contribution in [-0.4, -0.2) is 16.3 Å². The number of Topliss-reactive ketones (excluding diaryl/α,β-unsaturated/α-hetero) is 1. The molecular weight excluding hydrogens is 416 g/mol. The lowest BCUT2D eigenvalue weighted by Gasteiger charge is -2.14. The SMILES string of the molecule is CCCc1c(C(=O)C(C)C)c2ccc(C(N)=O)cc2n1Cc1ccccc1Br. The molecule has 0 spiro atoms. The first-order valence-corrected chi connectivity index (χ1v) is 10.4. The van der Waals surface area contributed by atoms with Crippen LogP contribution in [0.1, 0.15) is 59.2 Å². The number of carbonyl (C=O) groups is 2. The number of nitrogens with zero attached hydrogens (tertiary/aromatic N) is 1. The topological polar surface area (TPSA) is 65.1 Å². The van der Waals surface area contributed by atoms with Crippen molar-refractivity contribution in [2.24, 2.45) is 11.7 Å². The van der Waals surface area contributed by atoms with E-state index in [4.69, 9.17) is 5.73 Å². The van der Waals surface area contributed by atoms with Gasteiger partial charge in [0.25, 0.3) is 0 Å². The van der Waals surface area contributed by atoms with Crippen LogP contribution in [0.4, 0.5) is 0 Å². The molecule has 4 nitrogen and oxygen atoms in total. The fourth-order valence-corrected chi connectivity index (χ4v) is 4.00. The molecule has 0 aliphatic carbocycles. The lowest BCUT2D eigenvalue weighted by molar-refractivity contribution is 0.0939. The third-order valence-electron chi connectivity index (χ3n) is 5.00. The van der Waals surface area contributed by atoms with Crippen molar-refractivity contribution in [2.75, 3.05) is 0 Å². The second kappa shape index (κ2) is 8.31. The predicted octanol–water partition coefficient (Wildman–Crippen LogP) is 5.34. The van der Waals surface area contributed by atoms with E-state index in [0.29, 0.717) is 12.1 Å². The van der Waals surface area contributed by atoms with Gasteiger partial charge >= 0.3 is 0 Å². The van der Waals surface area contributed by atoms with Gasteiger partial charge in [-0.05, 0) is 30.2 Å². The predicted molar refractivity (Wildman–Crippen MR) is 117 cm³/mol. The third kappa shape index (κ3) is 3.76. The van der Waals surface area contributed by atoms with Crippen LogP contribution in [0.5, 0.6) is 0 Å². The van der Waals surface area contributed by atoms with Gasteiger partial charge in [-0.2, -0.15) is 0 Å². The minimum atomic E-state index is -0.468. The van der Waals surface area contributed by atoms with Crippen LogP contribution >= 0.6 is 15.9 Å². The van der Waals surface area contributed by atoms with Crippen molar-refractivity contribution in [3.63, 3.8) is 0 Å². The normalized spacial score (nSPS) is 11.3. The largest absolute Gasteiger partial charge is 0.366 e. The highest BCUT2D eigenvalue weighted by molar-refractivity contribution is 9.10. The standard InChI is InChI=1S/C23H25BrN2O2/c1-4-7-19-21(22(27)14(2)3)17-11-10-15(23(25)28)12-20(17)26(19)13-16-8-5-6-9-18(16)24/h5-6,8-12,14H,4,7,13H2,1-3H3,(H2,25,28). The molecule has 1 amide bonds. The lowest BCUT2D eigenvalue weighted by atomic mass is 9.96. The Hall–Kier alpha value is -2.40. The quantitative estimate of drug-likeness (QED) is 0.503. The number of carbonyl (C=O) groups excluding carboxylic acids is 2. The third-order valence-corrected chi connectivity index (χ3v) is 5.77. The molecule has 3 aromatic rings. The molecule has 0 saturated heterocycles. The molecule has 0 fully saturated rings. The first-order chi connectivity index (χ1) is 13.3. The summed E-state index contributed by atoms with van der Waals surface area (Å²) in [7, 11) is 0. The van der Waals surface area contributed by atoms with E-state index in [1.165, 1.54) is 0 Å². The van der Waals surface area contributed by atoms with Gasteiger partial charge in [0.1, 0.15) is 0 Å². The molecule has 2 N–H and O–H groups in total. The Bertz CT molecular complexity index is 1050. The van der Waals surface area contributed by atoms with Crippen LogP contribution in [0.25, 0.3) is 10.9 Å². The Morgan fingerprint density at radius 2 is 1.86 bits per heavy atom. The highest BCUT2D eigenvalue weighted by atomic mass is 79.9. The zero-order chi connectivity index (χ0) is 20.4. The van der Waals surface area contributed by atoms with E-state index in [-0.39, 0.29) is 11.7 Å². The monoisotopic (exact) mass is 440 g/mol. The summed E-state index contributed by atoms with van der Waals surface area (Å²) in [4.78, 5) is 24.9. The maximum Gasteiger partial charge on any atom is 0.248 e. The highest BCUT2D eigenvalue weighted by Crippen LogP contribution is 2.32. The summed E-state index contributed by atoms with van der Waals surface area (Å²) < 4.78 is 3.18. The summed E-state index contributed by atoms with van der Waals surface area (Å²) in [5.74, 6) is -0.440. The molecule has 5 heteroatoms. The number of ketones is 1. The Kier molecular flexibility index (Phi) is 6.04. The van der Waals surface area contributed by atoms with Crippen molar-refractivity contribution < 1.29 is 9.59 Å². The number of aromatic nitrogens is 1. The van der Waals surface area contributed by atoms with Crippen molar-refractivity contribution in [3.8, 4) is 0 Å². The number of halogens is 1. The van der Waals surface area contributed by atoms with Crippen LogP contribution in [-0.2, 0) is 13.0 Å². The lowest BCUT2D eigenvalue weighted by Crippen LogP contribution is -2.12. The van der Waals surface area contributed by atoms with Crippen LogP contribution in [0.3, 0.4) is 0 Å². The summed E-state index contributed by atoms with van der Waals surface area (Å²) in [6, 6.07) is 13.4. The van der Waals surface area contributed by atoms with Gasteiger partial charge in [0.2, 0.25) is 5.91 Å². The number of fused-ring (bicyclic) bond motifs is 1. The Morgan fingerprint density at radius 3 is 2.46 bits per heavy atom. The van der Waals surface area contributed by atoms with E-state index < -0.39 is 5.91 Å². The average Bonchev–Trinajstić information content (AvgIpc) is 2.95. The van der Waals surface area contributed by atoms with Gasteiger partial charge in [-0.15, -0.1) is 0 Å². The van der Waals surface area contributed by atoms with E-state index in [1.54, 1.807) is 6.07 Å². The fraction of sp³-hybridized carbons (Fsp3) is 0.304. The van der Waals surface area contributed by atoms with Crippen LogP contribution < -0.4 is 5.73 Å². The molecule has 3 rings (SSSR count). The van der Waals surface area contributed by atoms with Gasteiger partial charge in [0, 0.05) is 39.1 Å². The molecule has 0 bridgehead atoms. The number of amides is 1. The molecule has 28 heavy (non-hydrogen) atoms. The van der Waals surface area contributed by atoms with E-state index in [0.717, 1.165) is 45.0 Å². The van der Waals surface area contributed by atoms with Crippen molar-refractivity contribution in [1.82, 2.24) is 4.57 Å². The van der Waals surface area contributed by atoms with Crippen molar-refractivity contribution in [3.05, 3.63) is 69.3 Å². The average molecular weight is 441 g/mol. The maximum absolute atomic E-state index is 13.1. The fourth-order valence-electron chi connectivity index (χ4n) is 3.59. The summed E-state index contributed by atoms with van der Waals surface area (Å²) >= 11 is 3.62. The molecule has 0 atom stereocenters. The van der Waals surface area contributed by atoms with Gasteiger partial charge in [0.15, 0.2) is 5.78 Å². The molecule has 0 saturated carbocycles. The molecule has 0 aliphatic rings. The molecule has 1 aromatic heterocycles. The Balaban J connectivity index is 2.33. The number of hydrogen-bond acceptors (Lipinski definition) is 2. The summed E-state index contributed by atoms with van der Waals surface area (Å²) in [6.07, 6.45) is 1.71. The van der Waals surface area contributed by atoms with Crippen LogP contribution in [0, 0.1) is 5.92 Å². The molecular formula is C23H25BrN2O2. The summed E-state index contributed by atoms with van der Waals surface area (Å²) in [6.45, 7) is 6.57. The Morgan fingerprint density at radius 1 is 1.14 bits per heavy atom. The van der Waals surface area contributed by atoms with Crippen molar-refractivity contribution >= 4 is 38.5 Å². The molecule has 0 aliphatic heterocycles. The van der Waals surface area contributed by atoms with E-state index in [9.17, 15) is 9.59 Å². The molecule has 2 aromatic carbocycles. The minimum Gasteiger partial charge on any atom is -0.366 e. The molecule has 1 heterocycles. The van der Waals surface area contributed by atoms with Gasteiger partial charge in [-0.1, -0.05) is 67.4 Å². The molecule has 146 valence electrons. The highest BCUT2D eigenvalue weighted by Gasteiger charge is 2.24. The number of hydrogen-bond donors (Lipinski definition) is 1. The smallest absolute Gasteiger partial charge is 0.248 e. The molecule has 0 radical (unpaired) electrons. The van der Waals surface area contributed by atoms with Gasteiger partial charge in [-0.25, -0.2) is 0 Å². The van der Waals surface area contributed by atoms with Gasteiger partial charge in [0.05, 0.1) is 5.52 Å². The number of benzene rings is 2. The van der Waals surface area contributed by atoms with E-state index in [2.05, 4.69) is 33.5 Å². The molecule has 0 unspecified atom stereocenters. The zero-order valence-corrected chi connectivity index (χ0v) is 18.0. The minimum absolute atomic E-state index is 0.103. The van der Waals surface area contributed by atoms with E-state index >= 15 is 0 Å². The second-order valence-corrected chi connectivity index (χ2v) is 8.22.